The van der Waals surface area contributed by atoms with Gasteiger partial charge >= 0.3 is 13.6 Å². The molecular formula is C33H47BN3O7. The molecule has 1 aliphatic rings. The summed E-state index contributed by atoms with van der Waals surface area (Å²) in [5.74, 6) is -1.12. The number of likely N-dealkylation sites (tertiary alicyclic amines) is 1. The third kappa shape index (κ3) is 10.6. The fourth-order valence-corrected chi connectivity index (χ4v) is 4.76. The molecule has 2 aromatic rings. The van der Waals surface area contributed by atoms with Crippen LogP contribution in [0.2, 0.25) is 0 Å². The number of carbonyl (C=O) groups is 3. The van der Waals surface area contributed by atoms with Crippen LogP contribution in [0.3, 0.4) is 0 Å². The van der Waals surface area contributed by atoms with Crippen LogP contribution < -0.4 is 10.6 Å². The van der Waals surface area contributed by atoms with E-state index in [0.717, 1.165) is 11.1 Å². The number of rotatable bonds is 16. The van der Waals surface area contributed by atoms with Gasteiger partial charge in [0.05, 0.1) is 11.2 Å². The number of amides is 3. The van der Waals surface area contributed by atoms with E-state index in [9.17, 15) is 19.5 Å². The predicted molar refractivity (Wildman–Crippen MR) is 169 cm³/mol. The molecule has 239 valence electrons. The van der Waals surface area contributed by atoms with Crippen molar-refractivity contribution in [1.29, 1.82) is 0 Å². The second-order valence-electron chi connectivity index (χ2n) is 12.2. The molecule has 3 amide bonds. The van der Waals surface area contributed by atoms with E-state index in [4.69, 9.17) is 14.1 Å². The van der Waals surface area contributed by atoms with E-state index in [2.05, 4.69) is 10.6 Å². The first-order valence-corrected chi connectivity index (χ1v) is 15.3. The maximum atomic E-state index is 13.9. The molecule has 10 nitrogen and oxygen atoms in total. The van der Waals surface area contributed by atoms with Gasteiger partial charge in [-0.15, -0.1) is 0 Å². The van der Waals surface area contributed by atoms with Gasteiger partial charge in [0.1, 0.15) is 18.7 Å². The highest BCUT2D eigenvalue weighted by molar-refractivity contribution is 6.30. The van der Waals surface area contributed by atoms with Crippen molar-refractivity contribution in [3.8, 4) is 0 Å². The van der Waals surface area contributed by atoms with E-state index < -0.39 is 35.3 Å². The summed E-state index contributed by atoms with van der Waals surface area (Å²) in [4.78, 5) is 41.9. The van der Waals surface area contributed by atoms with Crippen molar-refractivity contribution in [3.05, 3.63) is 71.8 Å². The lowest BCUT2D eigenvalue weighted by Gasteiger charge is -2.38. The zero-order valence-electron chi connectivity index (χ0n) is 26.6. The second-order valence-corrected chi connectivity index (χ2v) is 12.2. The van der Waals surface area contributed by atoms with E-state index in [0.29, 0.717) is 38.8 Å². The molecule has 1 unspecified atom stereocenters. The highest BCUT2D eigenvalue weighted by Gasteiger charge is 2.40. The summed E-state index contributed by atoms with van der Waals surface area (Å²) < 4.78 is 16.6. The summed E-state index contributed by atoms with van der Waals surface area (Å²) in [6.45, 7) is 7.86. The van der Waals surface area contributed by atoms with Crippen molar-refractivity contribution < 1.29 is 33.6 Å². The highest BCUT2D eigenvalue weighted by atomic mass is 16.5. The molecule has 1 radical (unpaired) electrons. The van der Waals surface area contributed by atoms with Gasteiger partial charge in [0.15, 0.2) is 0 Å². The van der Waals surface area contributed by atoms with Crippen LogP contribution in [0, 0.1) is 0 Å². The zero-order chi connectivity index (χ0) is 32.2. The Morgan fingerprint density at radius 1 is 1.00 bits per heavy atom. The Balaban J connectivity index is 1.71. The van der Waals surface area contributed by atoms with E-state index in [-0.39, 0.29) is 24.8 Å². The first kappa shape index (κ1) is 35.1. The summed E-state index contributed by atoms with van der Waals surface area (Å²) in [6, 6.07) is 17.1. The molecule has 0 aliphatic carbocycles. The normalized spacial score (nSPS) is 16.6. The number of nitrogens with one attached hydrogen (secondary N) is 2. The summed E-state index contributed by atoms with van der Waals surface area (Å²) in [5, 5.41) is 16.3. The molecule has 0 aromatic heterocycles. The number of benzene rings is 2. The quantitative estimate of drug-likeness (QED) is 0.197. The van der Waals surface area contributed by atoms with Crippen LogP contribution >= 0.6 is 0 Å². The van der Waals surface area contributed by atoms with Crippen molar-refractivity contribution in [2.75, 3.05) is 20.3 Å². The van der Waals surface area contributed by atoms with Crippen LogP contribution in [0.15, 0.2) is 60.7 Å². The third-order valence-corrected chi connectivity index (χ3v) is 8.12. The lowest BCUT2D eigenvalue weighted by atomic mass is 9.80. The van der Waals surface area contributed by atoms with Gasteiger partial charge in [0, 0.05) is 32.6 Å². The minimum absolute atomic E-state index is 0.0704. The molecule has 0 bridgehead atoms. The monoisotopic (exact) mass is 608 g/mol. The Morgan fingerprint density at radius 2 is 1.64 bits per heavy atom. The van der Waals surface area contributed by atoms with Crippen molar-refractivity contribution in [1.82, 2.24) is 15.5 Å². The van der Waals surface area contributed by atoms with Gasteiger partial charge in [-0.1, -0.05) is 60.7 Å². The van der Waals surface area contributed by atoms with Gasteiger partial charge in [-0.05, 0) is 64.5 Å². The SMILES string of the molecule is COCCC[C@H]([B]OC(C)(C)C(C)(C)O)NC(=O)C1CCCN1C(=O)[C@@H](Cc1ccccc1)NC(=O)OCc1ccccc1. The minimum atomic E-state index is -1.12. The van der Waals surface area contributed by atoms with E-state index in [1.807, 2.05) is 60.7 Å². The van der Waals surface area contributed by atoms with Crippen molar-refractivity contribution >= 4 is 25.4 Å². The van der Waals surface area contributed by atoms with Gasteiger partial charge in [-0.3, -0.25) is 9.59 Å². The third-order valence-electron chi connectivity index (χ3n) is 8.12. The maximum Gasteiger partial charge on any atom is 0.408 e. The average molecular weight is 609 g/mol. The lowest BCUT2D eigenvalue weighted by molar-refractivity contribution is -0.140. The standard InChI is InChI=1S/C33H47BN3O7/c1-32(2,41)33(3,4)44-34-28(19-13-21-42-5)36-29(38)27-18-12-20-37(27)30(39)26(22-24-14-8-6-9-15-24)35-31(40)43-23-25-16-10-7-11-17-25/h6-11,14-17,26-28,41H,12-13,18-23H2,1-5H3,(H,35,40)(H,36,38)/t26-,27?,28-/m1/s1. The van der Waals surface area contributed by atoms with Crippen LogP contribution in [0.5, 0.6) is 0 Å². The number of alkyl carbamates (subject to hydrolysis) is 1. The van der Waals surface area contributed by atoms with Gasteiger partial charge in [-0.25, -0.2) is 4.79 Å². The van der Waals surface area contributed by atoms with Crippen LogP contribution in [0.4, 0.5) is 4.79 Å². The molecule has 11 heteroatoms. The van der Waals surface area contributed by atoms with Gasteiger partial charge in [-0.2, -0.15) is 0 Å². The van der Waals surface area contributed by atoms with Gasteiger partial charge in [0.25, 0.3) is 0 Å². The Morgan fingerprint density at radius 3 is 2.25 bits per heavy atom. The smallest absolute Gasteiger partial charge is 0.408 e. The number of carbonyl (C=O) groups excluding carboxylic acids is 3. The summed E-state index contributed by atoms with van der Waals surface area (Å²) >= 11 is 0. The fraction of sp³-hybridized carbons (Fsp3) is 0.545. The molecule has 1 saturated heterocycles. The summed E-state index contributed by atoms with van der Waals surface area (Å²) in [6.07, 6.45) is 1.91. The Kier molecular flexibility index (Phi) is 13.2. The summed E-state index contributed by atoms with van der Waals surface area (Å²) in [5.41, 5.74) is -0.328. The Hall–Kier alpha value is -3.41. The first-order valence-electron chi connectivity index (χ1n) is 15.3. The molecule has 1 aliphatic heterocycles. The molecule has 1 heterocycles. The maximum absolute atomic E-state index is 13.9. The zero-order valence-corrected chi connectivity index (χ0v) is 26.6. The fourth-order valence-electron chi connectivity index (χ4n) is 4.76. The largest absolute Gasteiger partial charge is 0.445 e. The highest BCUT2D eigenvalue weighted by Crippen LogP contribution is 2.25. The summed E-state index contributed by atoms with van der Waals surface area (Å²) in [7, 11) is 3.17. The van der Waals surface area contributed by atoms with Crippen LogP contribution in [0.1, 0.15) is 64.5 Å². The van der Waals surface area contributed by atoms with E-state index in [1.165, 1.54) is 0 Å². The molecule has 2 aromatic carbocycles. The van der Waals surface area contributed by atoms with Crippen LogP contribution in [-0.2, 0) is 36.7 Å². The number of aliphatic hydroxyl groups is 1. The van der Waals surface area contributed by atoms with Crippen LogP contribution in [-0.4, -0.2) is 84.9 Å². The lowest BCUT2D eigenvalue weighted by Crippen LogP contribution is -2.56. The van der Waals surface area contributed by atoms with Crippen LogP contribution in [0.25, 0.3) is 0 Å². The Labute approximate surface area is 262 Å². The molecule has 0 spiro atoms. The first-order chi connectivity index (χ1) is 20.9. The molecule has 0 saturated carbocycles. The Bertz CT molecular complexity index is 1190. The number of methoxy groups -OCH3 is 1. The van der Waals surface area contributed by atoms with Gasteiger partial charge in [0.2, 0.25) is 11.8 Å². The molecular weight excluding hydrogens is 561 g/mol. The number of nitrogens with zero attached hydrogens (tertiary/aromatic N) is 1. The molecule has 3 N–H and O–H groups in total. The van der Waals surface area contributed by atoms with E-state index >= 15 is 0 Å². The molecule has 44 heavy (non-hydrogen) atoms. The molecule has 3 rings (SSSR count). The molecule has 1 fully saturated rings. The van der Waals surface area contributed by atoms with Crippen molar-refractivity contribution in [3.63, 3.8) is 0 Å². The number of hydrogen-bond acceptors (Lipinski definition) is 7. The van der Waals surface area contributed by atoms with Crippen molar-refractivity contribution in [2.45, 2.75) is 95.6 Å². The second kappa shape index (κ2) is 16.6. The predicted octanol–water partition coefficient (Wildman–Crippen LogP) is 3.57. The number of hydrogen-bond donors (Lipinski definition) is 3. The average Bonchev–Trinajstić information content (AvgIpc) is 3.49. The molecule has 3 atom stereocenters. The topological polar surface area (TPSA) is 126 Å². The number of ether oxygens (including phenoxy) is 2. The van der Waals surface area contributed by atoms with E-state index in [1.54, 1.807) is 47.2 Å². The van der Waals surface area contributed by atoms with Gasteiger partial charge < -0.3 is 34.8 Å². The minimum Gasteiger partial charge on any atom is -0.445 e. The van der Waals surface area contributed by atoms with Crippen molar-refractivity contribution in [2.24, 2.45) is 0 Å².